The lowest BCUT2D eigenvalue weighted by atomic mass is 9.86. The van der Waals surface area contributed by atoms with Gasteiger partial charge >= 0.3 is 0 Å². The van der Waals surface area contributed by atoms with Gasteiger partial charge in [-0.3, -0.25) is 4.79 Å². The number of fused-ring (bicyclic) bond motifs is 1. The van der Waals surface area contributed by atoms with Crippen molar-refractivity contribution in [2.24, 2.45) is 11.7 Å². The lowest BCUT2D eigenvalue weighted by Gasteiger charge is -2.37. The molecule has 0 aromatic heterocycles. The van der Waals surface area contributed by atoms with Gasteiger partial charge in [0.1, 0.15) is 0 Å². The normalized spacial score (nSPS) is 23.4. The van der Waals surface area contributed by atoms with E-state index in [4.69, 9.17) is 17.3 Å². The van der Waals surface area contributed by atoms with Crippen molar-refractivity contribution in [2.75, 3.05) is 26.2 Å². The molecular formula is C21H27Cl2N3O3S. The first kappa shape index (κ1) is 23.3. The summed E-state index contributed by atoms with van der Waals surface area (Å²) in [4.78, 5) is 14.7. The third-order valence-corrected chi connectivity index (χ3v) is 8.14. The summed E-state index contributed by atoms with van der Waals surface area (Å²) in [6.07, 6.45) is 4.07. The predicted molar refractivity (Wildman–Crippen MR) is 121 cm³/mol. The molecule has 2 N–H and O–H groups in total. The highest BCUT2D eigenvalue weighted by Gasteiger charge is 2.34. The van der Waals surface area contributed by atoms with Gasteiger partial charge in [-0.2, -0.15) is 4.31 Å². The average Bonchev–Trinajstić information content (AvgIpc) is 2.70. The van der Waals surface area contributed by atoms with Crippen molar-refractivity contribution < 1.29 is 13.2 Å². The third-order valence-electron chi connectivity index (χ3n) is 6.07. The zero-order valence-corrected chi connectivity index (χ0v) is 19.1. The minimum absolute atomic E-state index is 0. The Labute approximate surface area is 188 Å². The number of carbonyl (C=O) groups excluding carboxylic acids is 1. The zero-order valence-electron chi connectivity index (χ0n) is 16.7. The average molecular weight is 472 g/mol. The predicted octanol–water partition coefficient (Wildman–Crippen LogP) is 3.27. The van der Waals surface area contributed by atoms with E-state index < -0.39 is 10.0 Å². The summed E-state index contributed by atoms with van der Waals surface area (Å²) in [7, 11) is -3.72. The van der Waals surface area contributed by atoms with Gasteiger partial charge in [0.15, 0.2) is 0 Å². The highest BCUT2D eigenvalue weighted by molar-refractivity contribution is 7.89. The molecule has 9 heteroatoms. The van der Waals surface area contributed by atoms with E-state index in [0.29, 0.717) is 30.6 Å². The molecule has 6 nitrogen and oxygen atoms in total. The summed E-state index contributed by atoms with van der Waals surface area (Å²) in [5.74, 6) is 0.344. The van der Waals surface area contributed by atoms with Crippen LogP contribution in [0.5, 0.6) is 0 Å². The Morgan fingerprint density at radius 1 is 1.00 bits per heavy atom. The molecule has 2 aromatic carbocycles. The van der Waals surface area contributed by atoms with E-state index in [1.165, 1.54) is 4.31 Å². The fraction of sp³-hybridized carbons (Fsp3) is 0.476. The fourth-order valence-electron chi connectivity index (χ4n) is 4.27. The molecule has 0 spiro atoms. The number of carbonyl (C=O) groups is 1. The Balaban J connectivity index is 0.00000256. The second-order valence-corrected chi connectivity index (χ2v) is 10.5. The maximum Gasteiger partial charge on any atom is 0.243 e. The van der Waals surface area contributed by atoms with Gasteiger partial charge in [-0.15, -0.1) is 12.4 Å². The van der Waals surface area contributed by atoms with Crippen molar-refractivity contribution in [3.8, 4) is 0 Å². The van der Waals surface area contributed by atoms with E-state index in [1.54, 1.807) is 36.4 Å². The van der Waals surface area contributed by atoms with Crippen LogP contribution in [-0.4, -0.2) is 55.8 Å². The molecule has 164 valence electrons. The minimum atomic E-state index is -3.72. The van der Waals surface area contributed by atoms with Crippen LogP contribution in [0.15, 0.2) is 41.3 Å². The van der Waals surface area contributed by atoms with Gasteiger partial charge in [0.05, 0.1) is 11.4 Å². The molecule has 0 bridgehead atoms. The summed E-state index contributed by atoms with van der Waals surface area (Å²) in [5, 5.41) is 2.29. The van der Waals surface area contributed by atoms with Gasteiger partial charge in [0, 0.05) is 30.7 Å². The van der Waals surface area contributed by atoms with Gasteiger partial charge in [-0.1, -0.05) is 23.7 Å². The molecule has 1 heterocycles. The summed E-state index contributed by atoms with van der Waals surface area (Å²) < 4.78 is 27.5. The number of amides is 1. The molecule has 1 saturated carbocycles. The van der Waals surface area contributed by atoms with Crippen molar-refractivity contribution in [3.05, 3.63) is 41.4 Å². The van der Waals surface area contributed by atoms with Crippen LogP contribution in [0.1, 0.15) is 25.7 Å². The lowest BCUT2D eigenvalue weighted by molar-refractivity contribution is -0.134. The monoisotopic (exact) mass is 471 g/mol. The largest absolute Gasteiger partial charge is 0.340 e. The quantitative estimate of drug-likeness (QED) is 0.741. The Morgan fingerprint density at radius 2 is 1.67 bits per heavy atom. The van der Waals surface area contributed by atoms with Crippen molar-refractivity contribution >= 4 is 50.7 Å². The van der Waals surface area contributed by atoms with Crippen LogP contribution in [0.2, 0.25) is 5.02 Å². The number of piperazine rings is 1. The number of hydrogen-bond acceptors (Lipinski definition) is 4. The van der Waals surface area contributed by atoms with E-state index in [0.717, 1.165) is 36.5 Å². The zero-order chi connectivity index (χ0) is 20.6. The first-order valence-corrected chi connectivity index (χ1v) is 11.9. The fourth-order valence-corrected chi connectivity index (χ4v) is 5.87. The van der Waals surface area contributed by atoms with Crippen LogP contribution < -0.4 is 5.73 Å². The van der Waals surface area contributed by atoms with Crippen molar-refractivity contribution in [1.82, 2.24) is 9.21 Å². The number of rotatable bonds is 4. The van der Waals surface area contributed by atoms with Crippen LogP contribution in [0.3, 0.4) is 0 Å². The van der Waals surface area contributed by atoms with Gasteiger partial charge in [-0.05, 0) is 66.6 Å². The van der Waals surface area contributed by atoms with E-state index in [2.05, 4.69) is 0 Å². The first-order valence-electron chi connectivity index (χ1n) is 10.1. The van der Waals surface area contributed by atoms with Gasteiger partial charge in [-0.25, -0.2) is 8.42 Å². The van der Waals surface area contributed by atoms with E-state index in [9.17, 15) is 13.2 Å². The van der Waals surface area contributed by atoms with Crippen LogP contribution in [0.25, 0.3) is 10.8 Å². The maximum atomic E-state index is 13.1. The number of nitrogens with two attached hydrogens (primary N) is 1. The van der Waals surface area contributed by atoms with Gasteiger partial charge in [0.2, 0.25) is 15.9 Å². The van der Waals surface area contributed by atoms with Crippen LogP contribution in [0.4, 0.5) is 0 Å². The van der Waals surface area contributed by atoms with Gasteiger partial charge < -0.3 is 10.6 Å². The second-order valence-electron chi connectivity index (χ2n) is 8.11. The lowest BCUT2D eigenvalue weighted by Crippen LogP contribution is -2.53. The number of nitrogens with zero attached hydrogens (tertiary/aromatic N) is 2. The smallest absolute Gasteiger partial charge is 0.243 e. The van der Waals surface area contributed by atoms with E-state index in [1.807, 2.05) is 4.90 Å². The molecule has 0 unspecified atom stereocenters. The molecule has 1 aliphatic heterocycles. The molecule has 1 saturated heterocycles. The molecule has 1 aliphatic carbocycles. The van der Waals surface area contributed by atoms with Gasteiger partial charge in [0.25, 0.3) is 0 Å². The molecule has 2 fully saturated rings. The molecular weight excluding hydrogens is 445 g/mol. The summed E-state index contributed by atoms with van der Waals surface area (Å²) in [6.45, 7) is 1.35. The first-order chi connectivity index (χ1) is 13.8. The molecule has 1 amide bonds. The second kappa shape index (κ2) is 9.40. The van der Waals surface area contributed by atoms with Crippen LogP contribution >= 0.6 is 24.0 Å². The maximum absolute atomic E-state index is 13.1. The molecule has 2 aliphatic rings. The Hall–Kier alpha value is -1.38. The summed E-state index contributed by atoms with van der Waals surface area (Å²) in [5.41, 5.74) is 5.96. The Morgan fingerprint density at radius 3 is 2.37 bits per heavy atom. The van der Waals surface area contributed by atoms with Crippen molar-refractivity contribution in [2.45, 2.75) is 36.6 Å². The number of hydrogen-bond donors (Lipinski definition) is 1. The Kier molecular flexibility index (Phi) is 7.30. The topological polar surface area (TPSA) is 83.7 Å². The van der Waals surface area contributed by atoms with Crippen LogP contribution in [-0.2, 0) is 14.8 Å². The van der Waals surface area contributed by atoms with Crippen molar-refractivity contribution in [3.63, 3.8) is 0 Å². The number of halogens is 2. The highest BCUT2D eigenvalue weighted by atomic mass is 35.5. The minimum Gasteiger partial charge on any atom is -0.340 e. The van der Waals surface area contributed by atoms with Crippen molar-refractivity contribution in [1.29, 1.82) is 0 Å². The van der Waals surface area contributed by atoms with Crippen LogP contribution in [0, 0.1) is 5.92 Å². The molecule has 30 heavy (non-hydrogen) atoms. The number of sulfonamides is 1. The molecule has 0 atom stereocenters. The number of benzene rings is 2. The summed E-state index contributed by atoms with van der Waals surface area (Å²) >= 11 is 6.00. The third kappa shape index (κ3) is 4.92. The molecule has 4 rings (SSSR count). The van der Waals surface area contributed by atoms with E-state index in [-0.39, 0.29) is 35.8 Å². The molecule has 0 radical (unpaired) electrons. The summed E-state index contributed by atoms with van der Waals surface area (Å²) in [6, 6.07) is 10.6. The standard InChI is InChI=1S/C21H26ClN3O3S.ClH/c22-18-5-3-17-12-20(8-4-16(17)11-18)29(27,28)25-10-9-24(21(26)14-25)13-15-1-6-19(23)7-2-15;/h3-5,8,11-12,15,19H,1-2,6-7,9-10,13-14,23H2;1H. The highest BCUT2D eigenvalue weighted by Crippen LogP contribution is 2.27. The molecule has 2 aromatic rings. The Bertz CT molecular complexity index is 1020. The van der Waals surface area contributed by atoms with E-state index >= 15 is 0 Å². The SMILES string of the molecule is Cl.NC1CCC(CN2CCN(S(=O)(=O)c3ccc4cc(Cl)ccc4c3)CC2=O)CC1.